The van der Waals surface area contributed by atoms with Crippen LogP contribution in [0.2, 0.25) is 0 Å². The zero-order valence-corrected chi connectivity index (χ0v) is 14.4. The quantitative estimate of drug-likeness (QED) is 0.365. The number of aryl methyl sites for hydroxylation is 1. The maximum Gasteiger partial charge on any atom is 0.323 e. The fraction of sp³-hybridized carbons (Fsp3) is 0.250. The predicted octanol–water partition coefficient (Wildman–Crippen LogP) is 1.60. The van der Waals surface area contributed by atoms with E-state index < -0.39 is 28.6 Å². The molecule has 1 aromatic carbocycles. The molecule has 0 saturated heterocycles. The summed E-state index contributed by atoms with van der Waals surface area (Å²) in [5.41, 5.74) is -1.86. The Morgan fingerprint density at radius 2 is 2.04 bits per heavy atom. The van der Waals surface area contributed by atoms with E-state index in [1.165, 1.54) is 13.0 Å². The fourth-order valence-corrected chi connectivity index (χ4v) is 2.07. The predicted molar refractivity (Wildman–Crippen MR) is 96.8 cm³/mol. The Kier molecular flexibility index (Phi) is 7.14. The Bertz CT molecular complexity index is 990. The van der Waals surface area contributed by atoms with E-state index in [4.69, 9.17) is 5.11 Å². The Morgan fingerprint density at radius 3 is 2.50 bits per heavy atom. The zero-order chi connectivity index (χ0) is 19.9. The largest absolute Gasteiger partial charge is 0.480 e. The molecule has 138 valence electrons. The number of aromatic nitrogens is 2. The third-order valence-electron chi connectivity index (χ3n) is 3.17. The highest BCUT2D eigenvalue weighted by Gasteiger charge is 2.16. The second kappa shape index (κ2) is 9.06. The monoisotopic (exact) mass is 362 g/mol. The number of nitrogens with one attached hydrogen (secondary N) is 1. The number of hydrogen-bond donors (Lipinski definition) is 2. The summed E-state index contributed by atoms with van der Waals surface area (Å²) in [5.74, 6) is -1.30. The van der Waals surface area contributed by atoms with E-state index >= 15 is 0 Å². The van der Waals surface area contributed by atoms with Gasteiger partial charge in [0.15, 0.2) is 0 Å². The lowest BCUT2D eigenvalue weighted by molar-refractivity contribution is -0.385. The number of carboxylic acids is 1. The first kappa shape index (κ1) is 20.5. The van der Waals surface area contributed by atoms with Crippen molar-refractivity contribution in [3.63, 3.8) is 0 Å². The molecular weight excluding hydrogens is 344 g/mol. The molecule has 0 spiro atoms. The molecule has 0 fully saturated rings. The van der Waals surface area contributed by atoms with Crippen molar-refractivity contribution in [3.05, 3.63) is 60.8 Å². The summed E-state index contributed by atoms with van der Waals surface area (Å²) in [6.07, 6.45) is 5.39. The van der Waals surface area contributed by atoms with Gasteiger partial charge in [-0.15, -0.1) is 0 Å². The van der Waals surface area contributed by atoms with Crippen LogP contribution >= 0.6 is 0 Å². The van der Waals surface area contributed by atoms with Crippen LogP contribution in [0.3, 0.4) is 0 Å². The molecule has 0 aliphatic carbocycles. The molecule has 0 radical (unpaired) electrons. The second-order valence-electron chi connectivity index (χ2n) is 5.04. The minimum atomic E-state index is -1.30. The standard InChI is InChI=1S/C11H9N3O6.C5H9N/c1-5-2-8-6(3-7(5)14(19)20)12-10(17)11(18)13(8)4-9(15)16;1-3-5-6-4-2/h2-3H,4H2,1H3,(H,12,17)(H,15,16);3-5H,1-2H3/b;5-3-,6-4?. The van der Waals surface area contributed by atoms with E-state index in [-0.39, 0.29) is 22.3 Å². The molecule has 0 unspecified atom stereocenters. The maximum absolute atomic E-state index is 11.7. The van der Waals surface area contributed by atoms with Crippen molar-refractivity contribution in [1.29, 1.82) is 0 Å². The number of carbonyl (C=O) groups is 1. The average molecular weight is 362 g/mol. The molecule has 0 saturated carbocycles. The summed E-state index contributed by atoms with van der Waals surface area (Å²) < 4.78 is 0.771. The van der Waals surface area contributed by atoms with Gasteiger partial charge in [-0.1, -0.05) is 6.08 Å². The number of aromatic amines is 1. The summed E-state index contributed by atoms with van der Waals surface area (Å²) in [4.78, 5) is 50.1. The average Bonchev–Trinajstić information content (AvgIpc) is 2.57. The fourth-order valence-electron chi connectivity index (χ4n) is 2.07. The molecule has 2 N–H and O–H groups in total. The van der Waals surface area contributed by atoms with E-state index in [1.807, 2.05) is 19.9 Å². The number of carboxylic acid groups (broad SMARTS) is 1. The lowest BCUT2D eigenvalue weighted by Crippen LogP contribution is -2.37. The third-order valence-corrected chi connectivity index (χ3v) is 3.17. The number of benzene rings is 1. The molecule has 0 atom stereocenters. The van der Waals surface area contributed by atoms with Crippen molar-refractivity contribution in [3.8, 4) is 0 Å². The molecule has 1 aromatic heterocycles. The maximum atomic E-state index is 11.7. The van der Waals surface area contributed by atoms with Crippen molar-refractivity contribution < 1.29 is 14.8 Å². The molecule has 0 amide bonds. The van der Waals surface area contributed by atoms with Gasteiger partial charge in [0.2, 0.25) is 0 Å². The summed E-state index contributed by atoms with van der Waals surface area (Å²) >= 11 is 0. The Labute approximate surface area is 147 Å². The highest BCUT2D eigenvalue weighted by Crippen LogP contribution is 2.22. The van der Waals surface area contributed by atoms with Gasteiger partial charge in [-0.2, -0.15) is 0 Å². The summed E-state index contributed by atoms with van der Waals surface area (Å²) in [5, 5.41) is 19.6. The van der Waals surface area contributed by atoms with E-state index in [0.29, 0.717) is 0 Å². The van der Waals surface area contributed by atoms with Crippen LogP contribution < -0.4 is 11.1 Å². The number of hydrogen-bond acceptors (Lipinski definition) is 6. The summed E-state index contributed by atoms with van der Waals surface area (Å²) in [7, 11) is 0. The number of fused-ring (bicyclic) bond motifs is 1. The molecule has 2 aromatic rings. The van der Waals surface area contributed by atoms with Crippen LogP contribution in [0.4, 0.5) is 5.69 Å². The number of nitro benzene ring substituents is 1. The summed E-state index contributed by atoms with van der Waals surface area (Å²) in [6.45, 7) is 4.59. The first-order chi connectivity index (χ1) is 12.2. The normalized spacial score (nSPS) is 10.9. The van der Waals surface area contributed by atoms with E-state index in [2.05, 4.69) is 9.98 Å². The summed E-state index contributed by atoms with van der Waals surface area (Å²) in [6, 6.07) is 2.40. The van der Waals surface area contributed by atoms with Gasteiger partial charge in [0, 0.05) is 24.0 Å². The molecule has 10 heteroatoms. The number of allylic oxidation sites excluding steroid dienone is 1. The van der Waals surface area contributed by atoms with E-state index in [0.717, 1.165) is 10.6 Å². The van der Waals surface area contributed by atoms with Crippen molar-refractivity contribution in [1.82, 2.24) is 9.55 Å². The van der Waals surface area contributed by atoms with Crippen LogP contribution in [0.5, 0.6) is 0 Å². The van der Waals surface area contributed by atoms with Crippen LogP contribution in [0.1, 0.15) is 19.4 Å². The highest BCUT2D eigenvalue weighted by molar-refractivity contribution is 5.80. The van der Waals surface area contributed by atoms with Gasteiger partial charge in [0.05, 0.1) is 16.0 Å². The van der Waals surface area contributed by atoms with E-state index in [1.54, 1.807) is 12.4 Å². The zero-order valence-electron chi connectivity index (χ0n) is 14.4. The van der Waals surface area contributed by atoms with Crippen LogP contribution in [0.25, 0.3) is 11.0 Å². The van der Waals surface area contributed by atoms with Crippen molar-refractivity contribution in [2.24, 2.45) is 4.99 Å². The van der Waals surface area contributed by atoms with Gasteiger partial charge in [-0.05, 0) is 26.8 Å². The van der Waals surface area contributed by atoms with Crippen molar-refractivity contribution in [2.45, 2.75) is 27.3 Å². The Hall–Kier alpha value is -3.56. The topological polar surface area (TPSA) is 148 Å². The van der Waals surface area contributed by atoms with Crippen molar-refractivity contribution in [2.75, 3.05) is 0 Å². The lowest BCUT2D eigenvalue weighted by atomic mass is 10.1. The van der Waals surface area contributed by atoms with Crippen LogP contribution in [0.15, 0.2) is 39.0 Å². The minimum Gasteiger partial charge on any atom is -0.480 e. The molecule has 0 aliphatic heterocycles. The van der Waals surface area contributed by atoms with Crippen LogP contribution in [-0.2, 0) is 11.3 Å². The molecule has 2 rings (SSSR count). The molecule has 1 heterocycles. The Balaban J connectivity index is 0.000000487. The van der Waals surface area contributed by atoms with Crippen LogP contribution in [0, 0.1) is 17.0 Å². The number of nitro groups is 1. The van der Waals surface area contributed by atoms with Gasteiger partial charge in [-0.25, -0.2) is 0 Å². The number of aliphatic carboxylic acids is 1. The smallest absolute Gasteiger partial charge is 0.323 e. The molecule has 10 nitrogen and oxygen atoms in total. The molecule has 26 heavy (non-hydrogen) atoms. The third kappa shape index (κ3) is 4.97. The van der Waals surface area contributed by atoms with Crippen molar-refractivity contribution >= 4 is 28.9 Å². The van der Waals surface area contributed by atoms with Gasteiger partial charge in [-0.3, -0.25) is 34.1 Å². The first-order valence-electron chi connectivity index (χ1n) is 7.45. The lowest BCUT2D eigenvalue weighted by Gasteiger charge is -2.08. The Morgan fingerprint density at radius 1 is 1.38 bits per heavy atom. The molecule has 0 bridgehead atoms. The number of rotatable bonds is 4. The molecular formula is C16H18N4O6. The second-order valence-corrected chi connectivity index (χ2v) is 5.04. The highest BCUT2D eigenvalue weighted by atomic mass is 16.6. The first-order valence-corrected chi connectivity index (χ1v) is 7.45. The van der Waals surface area contributed by atoms with Gasteiger partial charge >= 0.3 is 17.1 Å². The van der Waals surface area contributed by atoms with E-state index in [9.17, 15) is 24.5 Å². The number of aliphatic imine (C=N–C) groups is 1. The van der Waals surface area contributed by atoms with Crippen LogP contribution in [-0.4, -0.2) is 31.8 Å². The minimum absolute atomic E-state index is 0.0353. The SMILES string of the molecule is CC=N/C=C\C.Cc1cc2c(cc1[N+](=O)[O-])[nH]c(=O)c(=O)n2CC(=O)O. The number of H-pyrrole nitrogens is 1. The number of nitrogens with zero attached hydrogens (tertiary/aromatic N) is 3. The van der Waals surface area contributed by atoms with Gasteiger partial charge < -0.3 is 10.1 Å². The molecule has 0 aliphatic rings. The van der Waals surface area contributed by atoms with Gasteiger partial charge in [0.25, 0.3) is 5.69 Å². The van der Waals surface area contributed by atoms with Gasteiger partial charge in [0.1, 0.15) is 6.54 Å².